The van der Waals surface area contributed by atoms with Gasteiger partial charge in [0.25, 0.3) is 0 Å². The molecule has 0 bridgehead atoms. The fourth-order valence-electron chi connectivity index (χ4n) is 1.42. The first-order chi connectivity index (χ1) is 6.99. The Kier molecular flexibility index (Phi) is 3.72. The highest BCUT2D eigenvalue weighted by atomic mass is 16.1. The number of hydrogen-bond donors (Lipinski definition) is 2. The zero-order valence-electron chi connectivity index (χ0n) is 9.72. The van der Waals surface area contributed by atoms with Gasteiger partial charge in [0, 0.05) is 24.3 Å². The molecule has 0 atom stereocenters. The van der Waals surface area contributed by atoms with Gasteiger partial charge in [-0.25, -0.2) is 0 Å². The number of nitrogens with one attached hydrogen (secondary N) is 2. The maximum absolute atomic E-state index is 10.9. The summed E-state index contributed by atoms with van der Waals surface area (Å²) in [5, 5.41) is 6.10. The van der Waals surface area contributed by atoms with Crippen LogP contribution >= 0.6 is 0 Å². The van der Waals surface area contributed by atoms with E-state index < -0.39 is 0 Å². The molecule has 1 amide bonds. The van der Waals surface area contributed by atoms with E-state index in [9.17, 15) is 4.79 Å². The van der Waals surface area contributed by atoms with Crippen LogP contribution in [-0.2, 0) is 4.79 Å². The lowest BCUT2D eigenvalue weighted by molar-refractivity contribution is -0.114. The van der Waals surface area contributed by atoms with Gasteiger partial charge < -0.3 is 10.6 Å². The van der Waals surface area contributed by atoms with Crippen molar-refractivity contribution in [2.75, 3.05) is 10.6 Å². The average molecular weight is 206 g/mol. The molecule has 15 heavy (non-hydrogen) atoms. The van der Waals surface area contributed by atoms with Gasteiger partial charge in [0.05, 0.1) is 0 Å². The fraction of sp³-hybridized carbons (Fsp3) is 0.417. The second-order valence-corrected chi connectivity index (χ2v) is 4.01. The van der Waals surface area contributed by atoms with Gasteiger partial charge in [0.1, 0.15) is 0 Å². The van der Waals surface area contributed by atoms with Crippen molar-refractivity contribution in [3.63, 3.8) is 0 Å². The van der Waals surface area contributed by atoms with E-state index in [1.807, 2.05) is 25.1 Å². The van der Waals surface area contributed by atoms with Crippen molar-refractivity contribution < 1.29 is 4.79 Å². The molecule has 0 spiro atoms. The molecule has 1 aromatic rings. The van der Waals surface area contributed by atoms with E-state index >= 15 is 0 Å². The van der Waals surface area contributed by atoms with Crippen molar-refractivity contribution in [2.24, 2.45) is 0 Å². The summed E-state index contributed by atoms with van der Waals surface area (Å²) >= 11 is 0. The van der Waals surface area contributed by atoms with E-state index in [2.05, 4.69) is 24.5 Å². The van der Waals surface area contributed by atoms with Gasteiger partial charge in [-0.05, 0) is 44.5 Å². The normalized spacial score (nSPS) is 10.2. The van der Waals surface area contributed by atoms with E-state index in [1.54, 1.807) is 0 Å². The summed E-state index contributed by atoms with van der Waals surface area (Å²) in [5.41, 5.74) is 3.02. The van der Waals surface area contributed by atoms with Crippen LogP contribution in [0.1, 0.15) is 26.3 Å². The summed E-state index contributed by atoms with van der Waals surface area (Å²) in [7, 11) is 0. The van der Waals surface area contributed by atoms with Crippen molar-refractivity contribution >= 4 is 17.3 Å². The van der Waals surface area contributed by atoms with Crippen LogP contribution in [0.2, 0.25) is 0 Å². The molecule has 0 saturated heterocycles. The van der Waals surface area contributed by atoms with Crippen LogP contribution in [-0.4, -0.2) is 11.9 Å². The first kappa shape index (κ1) is 11.6. The highest BCUT2D eigenvalue weighted by Gasteiger charge is 2.02. The van der Waals surface area contributed by atoms with Crippen LogP contribution in [0.5, 0.6) is 0 Å². The Morgan fingerprint density at radius 2 is 2.00 bits per heavy atom. The molecule has 1 rings (SSSR count). The lowest BCUT2D eigenvalue weighted by Crippen LogP contribution is -2.11. The highest BCUT2D eigenvalue weighted by molar-refractivity contribution is 5.89. The third-order valence-electron chi connectivity index (χ3n) is 1.99. The molecule has 0 radical (unpaired) electrons. The van der Waals surface area contributed by atoms with E-state index in [0.29, 0.717) is 6.04 Å². The number of anilines is 2. The summed E-state index contributed by atoms with van der Waals surface area (Å²) in [4.78, 5) is 10.9. The van der Waals surface area contributed by atoms with Gasteiger partial charge in [0.2, 0.25) is 5.91 Å². The standard InChI is InChI=1S/C12H18N2O/c1-8(2)13-11-5-6-12(9(3)7-11)14-10(4)15/h5-8,13H,1-4H3,(H,14,15). The van der Waals surface area contributed by atoms with E-state index in [1.165, 1.54) is 6.92 Å². The molecule has 0 fully saturated rings. The highest BCUT2D eigenvalue weighted by Crippen LogP contribution is 2.20. The zero-order valence-corrected chi connectivity index (χ0v) is 9.72. The van der Waals surface area contributed by atoms with Crippen LogP contribution in [0.15, 0.2) is 18.2 Å². The average Bonchev–Trinajstić information content (AvgIpc) is 2.08. The van der Waals surface area contributed by atoms with Crippen molar-refractivity contribution in [3.8, 4) is 0 Å². The Morgan fingerprint density at radius 3 is 2.47 bits per heavy atom. The molecule has 2 N–H and O–H groups in total. The molecule has 3 nitrogen and oxygen atoms in total. The maximum Gasteiger partial charge on any atom is 0.221 e. The van der Waals surface area contributed by atoms with Crippen LogP contribution in [0, 0.1) is 6.92 Å². The van der Waals surface area contributed by atoms with Gasteiger partial charge in [-0.2, -0.15) is 0 Å². The molecule has 0 aromatic heterocycles. The molecule has 0 aliphatic heterocycles. The summed E-state index contributed by atoms with van der Waals surface area (Å²) in [6.45, 7) is 7.69. The van der Waals surface area contributed by atoms with Crippen molar-refractivity contribution in [3.05, 3.63) is 23.8 Å². The topological polar surface area (TPSA) is 41.1 Å². The van der Waals surface area contributed by atoms with Gasteiger partial charge in [-0.3, -0.25) is 4.79 Å². The van der Waals surface area contributed by atoms with Crippen LogP contribution < -0.4 is 10.6 Å². The van der Waals surface area contributed by atoms with Gasteiger partial charge in [-0.15, -0.1) is 0 Å². The minimum Gasteiger partial charge on any atom is -0.383 e. The Balaban J connectivity index is 2.83. The van der Waals surface area contributed by atoms with Gasteiger partial charge in [-0.1, -0.05) is 0 Å². The number of benzene rings is 1. The second-order valence-electron chi connectivity index (χ2n) is 4.01. The van der Waals surface area contributed by atoms with Crippen LogP contribution in [0.4, 0.5) is 11.4 Å². The SMILES string of the molecule is CC(=O)Nc1ccc(NC(C)C)cc1C. The summed E-state index contributed by atoms with van der Waals surface area (Å²) < 4.78 is 0. The van der Waals surface area contributed by atoms with Crippen LogP contribution in [0.25, 0.3) is 0 Å². The van der Waals surface area contributed by atoms with Crippen molar-refractivity contribution in [1.29, 1.82) is 0 Å². The molecule has 0 unspecified atom stereocenters. The second kappa shape index (κ2) is 4.82. The lowest BCUT2D eigenvalue weighted by atomic mass is 10.1. The van der Waals surface area contributed by atoms with Gasteiger partial charge in [0.15, 0.2) is 0 Å². The lowest BCUT2D eigenvalue weighted by Gasteiger charge is -2.13. The van der Waals surface area contributed by atoms with Gasteiger partial charge >= 0.3 is 0 Å². The quantitative estimate of drug-likeness (QED) is 0.798. The fourth-order valence-corrected chi connectivity index (χ4v) is 1.42. The van der Waals surface area contributed by atoms with E-state index in [4.69, 9.17) is 0 Å². The molecule has 0 aliphatic carbocycles. The molecular weight excluding hydrogens is 188 g/mol. The summed E-state index contributed by atoms with van der Waals surface area (Å²) in [6.07, 6.45) is 0. The Hall–Kier alpha value is -1.51. The number of carbonyl (C=O) groups excluding carboxylic acids is 1. The molecule has 1 aromatic carbocycles. The predicted molar refractivity (Wildman–Crippen MR) is 64.2 cm³/mol. The Labute approximate surface area is 90.9 Å². The number of hydrogen-bond acceptors (Lipinski definition) is 2. The van der Waals surface area contributed by atoms with E-state index in [-0.39, 0.29) is 5.91 Å². The van der Waals surface area contributed by atoms with Crippen LogP contribution in [0.3, 0.4) is 0 Å². The number of rotatable bonds is 3. The first-order valence-electron chi connectivity index (χ1n) is 5.14. The smallest absolute Gasteiger partial charge is 0.221 e. The summed E-state index contributed by atoms with van der Waals surface area (Å²) in [5.74, 6) is -0.0392. The first-order valence-corrected chi connectivity index (χ1v) is 5.14. The molecule has 0 saturated carbocycles. The molecular formula is C12H18N2O. The largest absolute Gasteiger partial charge is 0.383 e. The monoisotopic (exact) mass is 206 g/mol. The summed E-state index contributed by atoms with van der Waals surface area (Å²) in [6, 6.07) is 6.33. The van der Waals surface area contributed by atoms with Crippen molar-refractivity contribution in [2.45, 2.75) is 33.7 Å². The number of amides is 1. The molecule has 0 heterocycles. The number of aryl methyl sites for hydroxylation is 1. The third kappa shape index (κ3) is 3.62. The predicted octanol–water partition coefficient (Wildman–Crippen LogP) is 2.77. The Morgan fingerprint density at radius 1 is 1.33 bits per heavy atom. The third-order valence-corrected chi connectivity index (χ3v) is 1.99. The Bertz CT molecular complexity index is 359. The maximum atomic E-state index is 10.9. The van der Waals surface area contributed by atoms with E-state index in [0.717, 1.165) is 16.9 Å². The molecule has 82 valence electrons. The number of carbonyl (C=O) groups is 1. The van der Waals surface area contributed by atoms with Crippen molar-refractivity contribution in [1.82, 2.24) is 0 Å². The molecule has 3 heteroatoms. The minimum atomic E-state index is -0.0392. The molecule has 0 aliphatic rings. The zero-order chi connectivity index (χ0) is 11.4. The minimum absolute atomic E-state index is 0.0392.